The number of fused-ring (bicyclic) bond motifs is 4. The third kappa shape index (κ3) is 3.32. The SMILES string of the molecule is COCCCN1COc2ccc3c(c2C1)O/C(=C\c1ccc2c(c1)OCO2)C3=O. The van der Waals surface area contributed by atoms with Gasteiger partial charge in [-0.15, -0.1) is 0 Å². The minimum atomic E-state index is -0.128. The van der Waals surface area contributed by atoms with E-state index in [2.05, 4.69) is 4.90 Å². The Morgan fingerprint density at radius 3 is 2.86 bits per heavy atom. The van der Waals surface area contributed by atoms with Crippen LogP contribution in [0.15, 0.2) is 36.1 Å². The summed E-state index contributed by atoms with van der Waals surface area (Å²) >= 11 is 0. The molecule has 2 aromatic rings. The molecule has 0 radical (unpaired) electrons. The van der Waals surface area contributed by atoms with Gasteiger partial charge < -0.3 is 23.7 Å². The van der Waals surface area contributed by atoms with Gasteiger partial charge in [-0.1, -0.05) is 6.07 Å². The molecule has 0 spiro atoms. The number of hydrogen-bond acceptors (Lipinski definition) is 7. The normalized spacial score (nSPS) is 18.4. The molecule has 3 aliphatic rings. The van der Waals surface area contributed by atoms with E-state index >= 15 is 0 Å². The lowest BCUT2D eigenvalue weighted by Gasteiger charge is -2.29. The van der Waals surface area contributed by atoms with Gasteiger partial charge in [0, 0.05) is 26.8 Å². The van der Waals surface area contributed by atoms with Crippen molar-refractivity contribution in [2.45, 2.75) is 13.0 Å². The Labute approximate surface area is 168 Å². The fourth-order valence-corrected chi connectivity index (χ4v) is 3.73. The summed E-state index contributed by atoms with van der Waals surface area (Å²) in [5, 5.41) is 0. The average Bonchev–Trinajstić information content (AvgIpc) is 3.33. The van der Waals surface area contributed by atoms with Gasteiger partial charge in [-0.3, -0.25) is 9.69 Å². The van der Waals surface area contributed by atoms with Gasteiger partial charge in [0.05, 0.1) is 11.1 Å². The quantitative estimate of drug-likeness (QED) is 0.569. The van der Waals surface area contributed by atoms with Crippen LogP contribution in [0, 0.1) is 0 Å². The maximum absolute atomic E-state index is 12.9. The van der Waals surface area contributed by atoms with Gasteiger partial charge in [0.2, 0.25) is 12.6 Å². The molecule has 0 saturated carbocycles. The van der Waals surface area contributed by atoms with Gasteiger partial charge >= 0.3 is 0 Å². The van der Waals surface area contributed by atoms with Crippen molar-refractivity contribution in [2.24, 2.45) is 0 Å². The van der Waals surface area contributed by atoms with Crippen molar-refractivity contribution in [1.82, 2.24) is 4.90 Å². The van der Waals surface area contributed by atoms with Crippen LogP contribution in [0.2, 0.25) is 0 Å². The third-order valence-corrected chi connectivity index (χ3v) is 5.20. The fourth-order valence-electron chi connectivity index (χ4n) is 3.73. The zero-order valence-corrected chi connectivity index (χ0v) is 16.1. The number of allylic oxidation sites excluding steroid dienone is 1. The number of ketones is 1. The number of Topliss-reactive ketones (excluding diaryl/α,β-unsaturated/α-hetero) is 1. The van der Waals surface area contributed by atoms with E-state index < -0.39 is 0 Å². The number of rotatable bonds is 5. The van der Waals surface area contributed by atoms with E-state index in [1.165, 1.54) is 0 Å². The summed E-state index contributed by atoms with van der Waals surface area (Å²) in [7, 11) is 1.70. The molecule has 3 aliphatic heterocycles. The van der Waals surface area contributed by atoms with Crippen LogP contribution < -0.4 is 18.9 Å². The van der Waals surface area contributed by atoms with Crippen molar-refractivity contribution >= 4 is 11.9 Å². The lowest BCUT2D eigenvalue weighted by Crippen LogP contribution is -2.33. The Bertz CT molecular complexity index is 999. The van der Waals surface area contributed by atoms with Crippen LogP contribution in [-0.4, -0.2) is 44.5 Å². The van der Waals surface area contributed by atoms with E-state index in [1.54, 1.807) is 19.3 Å². The highest BCUT2D eigenvalue weighted by Gasteiger charge is 2.33. The Morgan fingerprint density at radius 1 is 1.10 bits per heavy atom. The van der Waals surface area contributed by atoms with Crippen LogP contribution in [0.1, 0.15) is 27.9 Å². The molecule has 0 fully saturated rings. The highest BCUT2D eigenvalue weighted by Crippen LogP contribution is 2.42. The predicted molar refractivity (Wildman–Crippen MR) is 104 cm³/mol. The van der Waals surface area contributed by atoms with Crippen molar-refractivity contribution in [1.29, 1.82) is 0 Å². The van der Waals surface area contributed by atoms with E-state index in [4.69, 9.17) is 23.7 Å². The molecule has 5 rings (SSSR count). The lowest BCUT2D eigenvalue weighted by atomic mass is 10.0. The summed E-state index contributed by atoms with van der Waals surface area (Å²) in [5.41, 5.74) is 2.29. The maximum atomic E-state index is 12.9. The molecular weight excluding hydrogens is 374 g/mol. The molecule has 0 unspecified atom stereocenters. The average molecular weight is 395 g/mol. The topological polar surface area (TPSA) is 66.5 Å². The first-order chi connectivity index (χ1) is 14.2. The predicted octanol–water partition coefficient (Wildman–Crippen LogP) is 3.22. The second-order valence-electron chi connectivity index (χ2n) is 7.14. The monoisotopic (exact) mass is 395 g/mol. The first-order valence-electron chi connectivity index (χ1n) is 9.57. The standard InChI is InChI=1S/C22H21NO6/c1-25-8-2-7-23-11-16-17(26-12-23)6-4-15-21(24)20(29-22(15)16)10-14-3-5-18-19(9-14)28-13-27-18/h3-6,9-10H,2,7-8,11-13H2,1H3/b20-10-. The first-order valence-corrected chi connectivity index (χ1v) is 9.57. The first kappa shape index (κ1) is 18.0. The Kier molecular flexibility index (Phi) is 4.61. The molecule has 150 valence electrons. The third-order valence-electron chi connectivity index (χ3n) is 5.20. The number of benzene rings is 2. The molecule has 7 nitrogen and oxygen atoms in total. The largest absolute Gasteiger partial charge is 0.478 e. The Balaban J connectivity index is 1.40. The van der Waals surface area contributed by atoms with Gasteiger partial charge in [0.25, 0.3) is 0 Å². The van der Waals surface area contributed by atoms with E-state index in [0.29, 0.717) is 48.5 Å². The fraction of sp³-hybridized carbons (Fsp3) is 0.318. The van der Waals surface area contributed by atoms with E-state index in [9.17, 15) is 4.79 Å². The molecule has 0 bridgehead atoms. The maximum Gasteiger partial charge on any atom is 0.231 e. The molecule has 0 amide bonds. The van der Waals surface area contributed by atoms with E-state index in [0.717, 1.165) is 29.8 Å². The van der Waals surface area contributed by atoms with Crippen LogP contribution in [-0.2, 0) is 11.3 Å². The number of hydrogen-bond donors (Lipinski definition) is 0. The molecule has 0 atom stereocenters. The lowest BCUT2D eigenvalue weighted by molar-refractivity contribution is 0.0823. The minimum absolute atomic E-state index is 0.128. The minimum Gasteiger partial charge on any atom is -0.478 e. The van der Waals surface area contributed by atoms with Gasteiger partial charge in [0.1, 0.15) is 18.2 Å². The summed E-state index contributed by atoms with van der Waals surface area (Å²) in [4.78, 5) is 15.1. The van der Waals surface area contributed by atoms with Crippen LogP contribution in [0.4, 0.5) is 0 Å². The van der Waals surface area contributed by atoms with Crippen molar-refractivity contribution in [3.63, 3.8) is 0 Å². The Morgan fingerprint density at radius 2 is 1.97 bits per heavy atom. The van der Waals surface area contributed by atoms with Crippen LogP contribution in [0.3, 0.4) is 0 Å². The van der Waals surface area contributed by atoms with Crippen LogP contribution in [0.5, 0.6) is 23.0 Å². The number of carbonyl (C=O) groups excluding carboxylic acids is 1. The van der Waals surface area contributed by atoms with Crippen LogP contribution in [0.25, 0.3) is 6.08 Å². The summed E-state index contributed by atoms with van der Waals surface area (Å²) < 4.78 is 27.8. The zero-order valence-electron chi connectivity index (χ0n) is 16.1. The second-order valence-corrected chi connectivity index (χ2v) is 7.14. The second kappa shape index (κ2) is 7.42. The number of carbonyl (C=O) groups is 1. The zero-order chi connectivity index (χ0) is 19.8. The Hall–Kier alpha value is -3.03. The highest BCUT2D eigenvalue weighted by molar-refractivity contribution is 6.15. The molecule has 3 heterocycles. The molecule has 0 aliphatic carbocycles. The van der Waals surface area contributed by atoms with Gasteiger partial charge in [-0.2, -0.15) is 0 Å². The number of methoxy groups -OCH3 is 1. The highest BCUT2D eigenvalue weighted by atomic mass is 16.7. The van der Waals surface area contributed by atoms with Crippen molar-refractivity contribution in [2.75, 3.05) is 33.8 Å². The summed E-state index contributed by atoms with van der Waals surface area (Å²) in [6.07, 6.45) is 2.65. The van der Waals surface area contributed by atoms with Crippen LogP contribution >= 0.6 is 0 Å². The van der Waals surface area contributed by atoms with Gasteiger partial charge in [-0.25, -0.2) is 0 Å². The van der Waals surface area contributed by atoms with Crippen molar-refractivity contribution < 1.29 is 28.5 Å². The molecule has 0 saturated heterocycles. The molecule has 2 aromatic carbocycles. The summed E-state index contributed by atoms with van der Waals surface area (Å²) in [6.45, 7) is 2.96. The van der Waals surface area contributed by atoms with Gasteiger partial charge in [-0.05, 0) is 42.3 Å². The van der Waals surface area contributed by atoms with Gasteiger partial charge in [0.15, 0.2) is 17.3 Å². The summed E-state index contributed by atoms with van der Waals surface area (Å²) in [6, 6.07) is 9.17. The number of ether oxygens (including phenoxy) is 5. The molecule has 0 N–H and O–H groups in total. The van der Waals surface area contributed by atoms with Crippen molar-refractivity contribution in [3.8, 4) is 23.0 Å². The van der Waals surface area contributed by atoms with E-state index in [1.807, 2.05) is 24.3 Å². The molecule has 29 heavy (non-hydrogen) atoms. The smallest absolute Gasteiger partial charge is 0.231 e. The number of nitrogens with zero attached hydrogens (tertiary/aromatic N) is 1. The molecule has 0 aromatic heterocycles. The van der Waals surface area contributed by atoms with Crippen molar-refractivity contribution in [3.05, 3.63) is 52.8 Å². The van der Waals surface area contributed by atoms with E-state index in [-0.39, 0.29) is 12.6 Å². The summed E-state index contributed by atoms with van der Waals surface area (Å²) in [5.74, 6) is 2.90. The molecular formula is C22H21NO6. The molecule has 7 heteroatoms.